The van der Waals surface area contributed by atoms with Crippen LogP contribution >= 0.6 is 34.5 Å². The van der Waals surface area contributed by atoms with E-state index in [1.54, 1.807) is 6.07 Å². The van der Waals surface area contributed by atoms with E-state index >= 15 is 0 Å². The molecule has 2 N–H and O–H groups in total. The minimum absolute atomic E-state index is 0.01000. The predicted molar refractivity (Wildman–Crippen MR) is 165 cm³/mol. The third-order valence-electron chi connectivity index (χ3n) is 7.51. The van der Waals surface area contributed by atoms with E-state index in [0.29, 0.717) is 16.1 Å². The number of hydrogen-bond donors (Lipinski definition) is 2. The molecule has 2 aromatic heterocycles. The number of aromatic amines is 1. The largest absolute Gasteiger partial charge is 0.382 e. The maximum atomic E-state index is 12.6. The van der Waals surface area contributed by atoms with Gasteiger partial charge in [0, 0.05) is 63.7 Å². The van der Waals surface area contributed by atoms with Gasteiger partial charge in [-0.05, 0) is 77.4 Å². The van der Waals surface area contributed by atoms with Gasteiger partial charge in [-0.3, -0.25) is 9.69 Å². The van der Waals surface area contributed by atoms with Crippen LogP contribution < -0.4 is 10.9 Å². The fraction of sp³-hybridized carbons (Fsp3) is 0.219. The van der Waals surface area contributed by atoms with Crippen LogP contribution in [0.5, 0.6) is 0 Å². The lowest BCUT2D eigenvalue weighted by Crippen LogP contribution is -2.38. The maximum Gasteiger partial charge on any atom is 0.250 e. The Bertz CT molecular complexity index is 1560. The first kappa shape index (κ1) is 26.1. The molecule has 1 fully saturated rings. The molecule has 0 amide bonds. The summed E-state index contributed by atoms with van der Waals surface area (Å²) in [7, 11) is 0. The molecule has 0 aliphatic carbocycles. The van der Waals surface area contributed by atoms with Crippen molar-refractivity contribution >= 4 is 51.1 Å². The topological polar surface area (TPSA) is 48.1 Å². The molecule has 3 aromatic carbocycles. The van der Waals surface area contributed by atoms with Gasteiger partial charge in [0.15, 0.2) is 0 Å². The second-order valence-electron chi connectivity index (χ2n) is 10.2. The Morgan fingerprint density at radius 1 is 0.872 bits per heavy atom. The minimum Gasteiger partial charge on any atom is -0.382 e. The number of aromatic nitrogens is 1. The molecule has 0 spiro atoms. The molecule has 0 saturated carbocycles. The molecule has 6 rings (SSSR count). The Kier molecular flexibility index (Phi) is 7.76. The van der Waals surface area contributed by atoms with Gasteiger partial charge in [-0.25, -0.2) is 0 Å². The number of piperidine rings is 1. The van der Waals surface area contributed by atoms with Crippen LogP contribution in [0.25, 0.3) is 10.9 Å². The van der Waals surface area contributed by atoms with Crippen molar-refractivity contribution in [2.24, 2.45) is 0 Å². The number of pyridine rings is 1. The first-order chi connectivity index (χ1) is 19.0. The second-order valence-corrected chi connectivity index (χ2v) is 12.1. The van der Waals surface area contributed by atoms with E-state index in [9.17, 15) is 4.79 Å². The molecular formula is C32H29Cl2N3OS. The van der Waals surface area contributed by atoms with Gasteiger partial charge in [0.2, 0.25) is 5.56 Å². The highest BCUT2D eigenvalue weighted by Gasteiger charge is 2.22. The van der Waals surface area contributed by atoms with Crippen molar-refractivity contribution < 1.29 is 0 Å². The van der Waals surface area contributed by atoms with Gasteiger partial charge in [0.25, 0.3) is 0 Å². The fourth-order valence-electron chi connectivity index (χ4n) is 5.54. The molecule has 1 aliphatic heterocycles. The summed E-state index contributed by atoms with van der Waals surface area (Å²) in [6.45, 7) is 3.09. The second kappa shape index (κ2) is 11.6. The third-order valence-corrected chi connectivity index (χ3v) is 8.88. The summed E-state index contributed by atoms with van der Waals surface area (Å²) in [6, 6.07) is 28.6. The zero-order chi connectivity index (χ0) is 26.8. The zero-order valence-electron chi connectivity index (χ0n) is 21.4. The number of anilines is 1. The molecule has 4 nitrogen and oxygen atoms in total. The average molecular weight is 575 g/mol. The number of likely N-dealkylation sites (tertiary alicyclic amines) is 1. The van der Waals surface area contributed by atoms with Crippen molar-refractivity contribution in [3.05, 3.63) is 132 Å². The summed E-state index contributed by atoms with van der Waals surface area (Å²) in [5.41, 5.74) is 5.03. The monoisotopic (exact) mass is 573 g/mol. The van der Waals surface area contributed by atoms with Crippen LogP contribution in [0, 0.1) is 0 Å². The third kappa shape index (κ3) is 6.07. The lowest BCUT2D eigenvalue weighted by molar-refractivity contribution is 0.213. The van der Waals surface area contributed by atoms with Gasteiger partial charge in [0.05, 0.1) is 5.52 Å². The number of thiophene rings is 1. The van der Waals surface area contributed by atoms with Crippen LogP contribution in [0.3, 0.4) is 0 Å². The van der Waals surface area contributed by atoms with E-state index in [2.05, 4.69) is 69.1 Å². The average Bonchev–Trinajstić information content (AvgIpc) is 3.45. The van der Waals surface area contributed by atoms with E-state index in [0.717, 1.165) is 65.8 Å². The van der Waals surface area contributed by atoms with Crippen LogP contribution in [0.1, 0.15) is 40.3 Å². The van der Waals surface area contributed by atoms with Crippen LogP contribution in [-0.4, -0.2) is 29.0 Å². The summed E-state index contributed by atoms with van der Waals surface area (Å²) < 4.78 is 0. The summed E-state index contributed by atoms with van der Waals surface area (Å²) >= 11 is 14.3. The Balaban J connectivity index is 1.31. The number of H-pyrrole nitrogens is 1. The van der Waals surface area contributed by atoms with Gasteiger partial charge >= 0.3 is 0 Å². The van der Waals surface area contributed by atoms with Gasteiger partial charge in [-0.2, -0.15) is 0 Å². The molecule has 198 valence electrons. The molecule has 7 heteroatoms. The standard InChI is InChI=1S/C32H29Cl2N3OS/c33-24-8-3-21(4-9-24)32(22-5-10-25(34)11-6-22)23-7-12-29-28(18-23)30(19-31(38)36-29)35-26-13-15-37(16-14-26)20-27-2-1-17-39-27/h1-12,17-19,26,32H,13-16,20H2,(H2,35,36,38). The highest BCUT2D eigenvalue weighted by atomic mass is 35.5. The molecule has 5 aromatic rings. The number of rotatable bonds is 7. The van der Waals surface area contributed by atoms with E-state index in [1.165, 1.54) is 4.88 Å². The Labute approximate surface area is 242 Å². The zero-order valence-corrected chi connectivity index (χ0v) is 23.7. The summed E-state index contributed by atoms with van der Waals surface area (Å²) in [5, 5.41) is 8.29. The summed E-state index contributed by atoms with van der Waals surface area (Å²) in [4.78, 5) is 19.5. The summed E-state index contributed by atoms with van der Waals surface area (Å²) in [5.74, 6) is -0.01000. The molecule has 0 bridgehead atoms. The number of nitrogens with zero attached hydrogens (tertiary/aromatic N) is 1. The number of hydrogen-bond acceptors (Lipinski definition) is 4. The lowest BCUT2D eigenvalue weighted by Gasteiger charge is -2.32. The Morgan fingerprint density at radius 3 is 2.13 bits per heavy atom. The van der Waals surface area contributed by atoms with Crippen LogP contribution in [0.2, 0.25) is 10.0 Å². The fourth-order valence-corrected chi connectivity index (χ4v) is 6.53. The number of halogens is 2. The highest BCUT2D eigenvalue weighted by Crippen LogP contribution is 2.36. The molecule has 39 heavy (non-hydrogen) atoms. The summed E-state index contributed by atoms with van der Waals surface area (Å²) in [6.07, 6.45) is 2.08. The highest BCUT2D eigenvalue weighted by molar-refractivity contribution is 7.09. The van der Waals surface area contributed by atoms with E-state index in [1.807, 2.05) is 41.7 Å². The van der Waals surface area contributed by atoms with Crippen LogP contribution in [-0.2, 0) is 6.54 Å². The molecule has 1 aliphatic rings. The van der Waals surface area contributed by atoms with Gasteiger partial charge in [0.1, 0.15) is 0 Å². The normalized spacial score (nSPS) is 14.7. The molecule has 3 heterocycles. The number of fused-ring (bicyclic) bond motifs is 1. The maximum absolute atomic E-state index is 12.6. The number of benzene rings is 3. The van der Waals surface area contributed by atoms with Crippen molar-refractivity contribution in [3.63, 3.8) is 0 Å². The lowest BCUT2D eigenvalue weighted by atomic mass is 9.84. The quantitative estimate of drug-likeness (QED) is 0.193. The molecule has 0 atom stereocenters. The van der Waals surface area contributed by atoms with Gasteiger partial charge in [-0.1, -0.05) is 59.6 Å². The van der Waals surface area contributed by atoms with E-state index < -0.39 is 0 Å². The van der Waals surface area contributed by atoms with Gasteiger partial charge in [-0.15, -0.1) is 11.3 Å². The van der Waals surface area contributed by atoms with Crippen molar-refractivity contribution in [3.8, 4) is 0 Å². The molecule has 0 radical (unpaired) electrons. The van der Waals surface area contributed by atoms with Crippen LogP contribution in [0.4, 0.5) is 5.69 Å². The van der Waals surface area contributed by atoms with Crippen molar-refractivity contribution in [2.45, 2.75) is 31.3 Å². The van der Waals surface area contributed by atoms with Crippen molar-refractivity contribution in [1.82, 2.24) is 9.88 Å². The minimum atomic E-state index is -0.0974. The molecule has 1 saturated heterocycles. The Hall–Kier alpha value is -3.09. The van der Waals surface area contributed by atoms with Gasteiger partial charge < -0.3 is 10.3 Å². The first-order valence-electron chi connectivity index (χ1n) is 13.2. The van der Waals surface area contributed by atoms with E-state index in [-0.39, 0.29) is 11.5 Å². The SMILES string of the molecule is O=c1cc(NC2CCN(Cc3cccs3)CC2)c2cc(C(c3ccc(Cl)cc3)c3ccc(Cl)cc3)ccc2[nH]1. The Morgan fingerprint density at radius 2 is 1.51 bits per heavy atom. The number of nitrogens with one attached hydrogen (secondary N) is 2. The first-order valence-corrected chi connectivity index (χ1v) is 14.8. The van der Waals surface area contributed by atoms with Crippen LogP contribution in [0.15, 0.2) is 95.1 Å². The predicted octanol–water partition coefficient (Wildman–Crippen LogP) is 8.15. The van der Waals surface area contributed by atoms with E-state index in [4.69, 9.17) is 23.2 Å². The van der Waals surface area contributed by atoms with Crippen molar-refractivity contribution in [1.29, 1.82) is 0 Å². The molecular weight excluding hydrogens is 545 g/mol. The van der Waals surface area contributed by atoms with Crippen molar-refractivity contribution in [2.75, 3.05) is 18.4 Å². The smallest absolute Gasteiger partial charge is 0.250 e. The molecule has 0 unspecified atom stereocenters.